The Hall–Kier alpha value is -5.25. The molecule has 1 unspecified atom stereocenters. The second-order valence-electron chi connectivity index (χ2n) is 11.0. The molecule has 0 bridgehead atoms. The number of para-hydroxylation sites is 1. The van der Waals surface area contributed by atoms with Crippen molar-refractivity contribution in [1.82, 2.24) is 24.6 Å². The van der Waals surface area contributed by atoms with Crippen LogP contribution in [0.1, 0.15) is 18.9 Å². The Morgan fingerprint density at radius 1 is 1.05 bits per heavy atom. The van der Waals surface area contributed by atoms with Gasteiger partial charge in [0.1, 0.15) is 29.3 Å². The van der Waals surface area contributed by atoms with E-state index >= 15 is 0 Å². The van der Waals surface area contributed by atoms with E-state index in [0.717, 1.165) is 35.6 Å². The average molecular weight is 576 g/mol. The van der Waals surface area contributed by atoms with Crippen molar-refractivity contribution in [2.45, 2.75) is 25.4 Å². The van der Waals surface area contributed by atoms with Crippen LogP contribution in [-0.4, -0.2) is 57.7 Å². The maximum atomic E-state index is 13.5. The topological polar surface area (TPSA) is 106 Å². The molecular weight excluding hydrogens is 540 g/mol. The normalized spacial score (nSPS) is 14.9. The van der Waals surface area contributed by atoms with Crippen LogP contribution in [0.2, 0.25) is 0 Å². The van der Waals surface area contributed by atoms with Crippen LogP contribution in [0.15, 0.2) is 97.6 Å². The summed E-state index contributed by atoms with van der Waals surface area (Å²) in [5.74, 6) is 1.80. The van der Waals surface area contributed by atoms with Crippen molar-refractivity contribution in [3.8, 4) is 22.8 Å². The quantitative estimate of drug-likeness (QED) is 0.212. The Labute approximate surface area is 250 Å². The lowest BCUT2D eigenvalue weighted by atomic mass is 10.0. The molecule has 6 rings (SSSR count). The Morgan fingerprint density at radius 3 is 2.49 bits per heavy atom. The molecule has 1 aliphatic rings. The molecule has 0 radical (unpaired) electrons. The predicted molar refractivity (Wildman–Crippen MR) is 167 cm³/mol. The number of nitrogens with two attached hydrogens (primary N) is 1. The number of likely N-dealkylation sites (tertiary alicyclic amines) is 1. The van der Waals surface area contributed by atoms with Crippen molar-refractivity contribution in [3.63, 3.8) is 0 Å². The van der Waals surface area contributed by atoms with Crippen LogP contribution in [0, 0.1) is 0 Å². The number of pyridine rings is 1. The van der Waals surface area contributed by atoms with E-state index in [1.54, 1.807) is 0 Å². The third kappa shape index (κ3) is 5.90. The molecule has 0 aliphatic carbocycles. The van der Waals surface area contributed by atoms with Gasteiger partial charge < -0.3 is 20.3 Å². The fourth-order valence-electron chi connectivity index (χ4n) is 5.46. The SMILES string of the molecule is C=C(C[n+]1ccc(N(C)C)cc1)C(=O)N1CCCC(n2nc(-c3ccc(Oc4ccccc4)cc3)c3c(N)ncnc32)C1. The first kappa shape index (κ1) is 27.9. The van der Waals surface area contributed by atoms with Gasteiger partial charge in [-0.25, -0.2) is 19.2 Å². The number of carbonyl (C=O) groups excluding carboxylic acids is 1. The summed E-state index contributed by atoms with van der Waals surface area (Å²) < 4.78 is 9.84. The molecule has 0 spiro atoms. The van der Waals surface area contributed by atoms with Gasteiger partial charge in [-0.05, 0) is 49.2 Å². The number of piperidine rings is 1. The summed E-state index contributed by atoms with van der Waals surface area (Å²) >= 11 is 0. The number of fused-ring (bicyclic) bond motifs is 1. The van der Waals surface area contributed by atoms with Crippen LogP contribution in [0.3, 0.4) is 0 Å². The van der Waals surface area contributed by atoms with Gasteiger partial charge in [0, 0.05) is 50.6 Å². The van der Waals surface area contributed by atoms with E-state index in [1.807, 2.05) is 112 Å². The number of carbonyl (C=O) groups is 1. The van der Waals surface area contributed by atoms with Crippen molar-refractivity contribution in [1.29, 1.82) is 0 Å². The number of nitrogen functional groups attached to an aromatic ring is 1. The van der Waals surface area contributed by atoms with Gasteiger partial charge in [-0.3, -0.25) is 4.79 Å². The van der Waals surface area contributed by atoms with Crippen molar-refractivity contribution < 1.29 is 14.1 Å². The highest BCUT2D eigenvalue weighted by Gasteiger charge is 2.30. The molecule has 0 saturated carbocycles. The van der Waals surface area contributed by atoms with Crippen LogP contribution >= 0.6 is 0 Å². The Kier molecular flexibility index (Phi) is 7.74. The average Bonchev–Trinajstić information content (AvgIpc) is 3.43. The van der Waals surface area contributed by atoms with Crippen LogP contribution < -0.4 is 19.9 Å². The van der Waals surface area contributed by atoms with E-state index in [1.165, 1.54) is 6.33 Å². The van der Waals surface area contributed by atoms with E-state index in [4.69, 9.17) is 15.6 Å². The van der Waals surface area contributed by atoms with Gasteiger partial charge in [-0.1, -0.05) is 24.8 Å². The smallest absolute Gasteiger partial charge is 0.255 e. The number of aromatic nitrogens is 5. The van der Waals surface area contributed by atoms with E-state index in [9.17, 15) is 4.79 Å². The molecule has 4 heterocycles. The molecule has 43 heavy (non-hydrogen) atoms. The first-order valence-electron chi connectivity index (χ1n) is 14.3. The number of nitrogens with zero attached hydrogens (tertiary/aromatic N) is 7. The Balaban J connectivity index is 1.22. The van der Waals surface area contributed by atoms with Gasteiger partial charge in [0.25, 0.3) is 5.91 Å². The summed E-state index contributed by atoms with van der Waals surface area (Å²) in [6.07, 6.45) is 7.10. The third-order valence-corrected chi connectivity index (χ3v) is 7.72. The monoisotopic (exact) mass is 575 g/mol. The van der Waals surface area contributed by atoms with Crippen LogP contribution in [-0.2, 0) is 11.3 Å². The summed E-state index contributed by atoms with van der Waals surface area (Å²) in [7, 11) is 4.00. The molecule has 1 amide bonds. The lowest BCUT2D eigenvalue weighted by molar-refractivity contribution is -0.688. The molecule has 1 saturated heterocycles. The van der Waals surface area contributed by atoms with E-state index in [0.29, 0.717) is 47.8 Å². The van der Waals surface area contributed by atoms with Crippen LogP contribution in [0.5, 0.6) is 11.5 Å². The van der Waals surface area contributed by atoms with Gasteiger partial charge in [0.15, 0.2) is 24.6 Å². The number of amides is 1. The number of hydrogen-bond donors (Lipinski definition) is 1. The van der Waals surface area contributed by atoms with Gasteiger partial charge in [-0.15, -0.1) is 0 Å². The van der Waals surface area contributed by atoms with Crippen molar-refractivity contribution in [2.75, 3.05) is 37.8 Å². The molecule has 10 nitrogen and oxygen atoms in total. The van der Waals surface area contributed by atoms with E-state index in [2.05, 4.69) is 16.5 Å². The first-order valence-corrected chi connectivity index (χ1v) is 14.3. The fourth-order valence-corrected chi connectivity index (χ4v) is 5.46. The number of rotatable bonds is 8. The molecule has 2 N–H and O–H groups in total. The zero-order chi connectivity index (χ0) is 29.9. The van der Waals surface area contributed by atoms with Crippen LogP contribution in [0.25, 0.3) is 22.3 Å². The van der Waals surface area contributed by atoms with E-state index < -0.39 is 0 Å². The number of hydrogen-bond acceptors (Lipinski definition) is 7. The molecule has 1 aliphatic heterocycles. The minimum Gasteiger partial charge on any atom is -0.457 e. The molecule has 1 fully saturated rings. The maximum Gasteiger partial charge on any atom is 0.255 e. The zero-order valence-corrected chi connectivity index (χ0v) is 24.4. The van der Waals surface area contributed by atoms with E-state index in [-0.39, 0.29) is 11.9 Å². The standard InChI is InChI=1S/C33H35N8O2/c1-23(20-39-18-15-25(16-19-39)38(2)3)33(42)40-17-7-8-26(21-40)41-32-29(31(34)35-22-36-32)30(37-41)24-11-13-28(14-12-24)43-27-9-5-4-6-10-27/h4-6,9-16,18-19,22,26H,1,7-8,17,20-21H2,2-3H3,(H2,34,35,36)/q+1. The minimum absolute atomic E-state index is 0.0475. The number of ether oxygens (including phenoxy) is 1. The highest BCUT2D eigenvalue weighted by atomic mass is 16.5. The highest BCUT2D eigenvalue weighted by Crippen LogP contribution is 2.35. The molecule has 3 aromatic heterocycles. The summed E-state index contributed by atoms with van der Waals surface area (Å²) in [4.78, 5) is 26.2. The molecule has 5 aromatic rings. The van der Waals surface area contributed by atoms with Gasteiger partial charge in [0.05, 0.1) is 17.0 Å². The zero-order valence-electron chi connectivity index (χ0n) is 24.4. The summed E-state index contributed by atoms with van der Waals surface area (Å²) in [5, 5.41) is 5.71. The number of benzene rings is 2. The Bertz CT molecular complexity index is 1750. The molecule has 2 aromatic carbocycles. The maximum absolute atomic E-state index is 13.5. The third-order valence-electron chi connectivity index (χ3n) is 7.72. The number of anilines is 2. The van der Waals surface area contributed by atoms with Gasteiger partial charge in [-0.2, -0.15) is 5.10 Å². The second kappa shape index (κ2) is 11.9. The van der Waals surface area contributed by atoms with Crippen molar-refractivity contribution in [3.05, 3.63) is 97.6 Å². The second-order valence-corrected chi connectivity index (χ2v) is 11.0. The Morgan fingerprint density at radius 2 is 1.77 bits per heavy atom. The molecule has 218 valence electrons. The van der Waals surface area contributed by atoms with Gasteiger partial charge >= 0.3 is 0 Å². The van der Waals surface area contributed by atoms with Crippen molar-refractivity contribution in [2.24, 2.45) is 0 Å². The highest BCUT2D eigenvalue weighted by molar-refractivity contribution is 5.98. The summed E-state index contributed by atoms with van der Waals surface area (Å²) in [5.41, 5.74) is 10.2. The minimum atomic E-state index is -0.0660. The lowest BCUT2D eigenvalue weighted by Gasteiger charge is -2.33. The van der Waals surface area contributed by atoms with Gasteiger partial charge in [0.2, 0.25) is 0 Å². The molecule has 10 heteroatoms. The van der Waals surface area contributed by atoms with Crippen LogP contribution in [0.4, 0.5) is 11.5 Å². The summed E-state index contributed by atoms with van der Waals surface area (Å²) in [6.45, 7) is 5.73. The fraction of sp³-hybridized carbons (Fsp3) is 0.242. The lowest BCUT2D eigenvalue weighted by Crippen LogP contribution is -2.44. The van der Waals surface area contributed by atoms with Crippen molar-refractivity contribution >= 4 is 28.4 Å². The largest absolute Gasteiger partial charge is 0.457 e. The summed E-state index contributed by atoms with van der Waals surface area (Å²) in [6, 6.07) is 21.4. The predicted octanol–water partition coefficient (Wildman–Crippen LogP) is 4.64. The molecule has 1 atom stereocenters. The molecular formula is C33H35N8O2+. The first-order chi connectivity index (χ1) is 20.9.